The van der Waals surface area contributed by atoms with E-state index in [-0.39, 0.29) is 28.8 Å². The minimum Gasteiger partial charge on any atom is -0.462 e. The predicted octanol–water partition coefficient (Wildman–Crippen LogP) is 4.79. The molecule has 33 heavy (non-hydrogen) atoms. The van der Waals surface area contributed by atoms with Crippen molar-refractivity contribution >= 4 is 11.8 Å². The lowest BCUT2D eigenvalue weighted by molar-refractivity contribution is -0.152. The number of Topliss-reactive ketones (excluding diaryl/α,β-unsaturated/α-hetero) is 1. The summed E-state index contributed by atoms with van der Waals surface area (Å²) in [6.45, 7) is 10.9. The number of ketones is 1. The van der Waals surface area contributed by atoms with Crippen LogP contribution in [0.4, 0.5) is 0 Å². The molecule has 1 heterocycles. The van der Waals surface area contributed by atoms with Crippen molar-refractivity contribution < 1.29 is 19.1 Å². The molecule has 0 spiro atoms. The van der Waals surface area contributed by atoms with Crippen molar-refractivity contribution in [2.24, 2.45) is 34.5 Å². The van der Waals surface area contributed by atoms with Crippen molar-refractivity contribution in [1.82, 2.24) is 4.90 Å². The van der Waals surface area contributed by atoms with Gasteiger partial charge < -0.3 is 9.47 Å². The summed E-state index contributed by atoms with van der Waals surface area (Å²) in [5, 5.41) is 0. The SMILES string of the molecule is CC(=O)[C@@H]1CC[C@@H]2[C@@H]3CC=C4C[C@H](OC(=O)CCN5CCOCC5)CC[C@]4(C)[C@@H]3CC[C@@]21C. The third kappa shape index (κ3) is 4.22. The number of esters is 1. The second-order valence-corrected chi connectivity index (χ2v) is 12.1. The highest BCUT2D eigenvalue weighted by Gasteiger charge is 2.59. The van der Waals surface area contributed by atoms with E-state index in [0.717, 1.165) is 76.8 Å². The van der Waals surface area contributed by atoms with E-state index in [4.69, 9.17) is 9.47 Å². The van der Waals surface area contributed by atoms with Crippen molar-refractivity contribution in [3.63, 3.8) is 0 Å². The molecule has 0 aromatic rings. The number of hydrogen-bond acceptors (Lipinski definition) is 5. The molecule has 5 rings (SSSR count). The van der Waals surface area contributed by atoms with Gasteiger partial charge in [-0.2, -0.15) is 0 Å². The van der Waals surface area contributed by atoms with Crippen LogP contribution in [-0.2, 0) is 19.1 Å². The van der Waals surface area contributed by atoms with Crippen LogP contribution >= 0.6 is 0 Å². The Bertz CT molecular complexity index is 802. The number of allylic oxidation sites excluding steroid dienone is 1. The highest BCUT2D eigenvalue weighted by Crippen LogP contribution is 2.66. The molecule has 1 saturated heterocycles. The van der Waals surface area contributed by atoms with Crippen LogP contribution in [0.1, 0.15) is 78.6 Å². The van der Waals surface area contributed by atoms with E-state index >= 15 is 0 Å². The second kappa shape index (κ2) is 9.11. The summed E-state index contributed by atoms with van der Waals surface area (Å²) >= 11 is 0. The average Bonchev–Trinajstić information content (AvgIpc) is 3.16. The van der Waals surface area contributed by atoms with Gasteiger partial charge in [-0.25, -0.2) is 0 Å². The van der Waals surface area contributed by atoms with Crippen molar-refractivity contribution in [2.45, 2.75) is 84.7 Å². The van der Waals surface area contributed by atoms with Gasteiger partial charge in [-0.05, 0) is 80.5 Å². The lowest BCUT2D eigenvalue weighted by Gasteiger charge is -2.58. The first kappa shape index (κ1) is 23.5. The summed E-state index contributed by atoms with van der Waals surface area (Å²) in [6.07, 6.45) is 12.0. The molecule has 0 aromatic carbocycles. The molecule has 0 radical (unpaired) electrons. The fourth-order valence-corrected chi connectivity index (χ4v) is 8.71. The highest BCUT2D eigenvalue weighted by atomic mass is 16.5. The summed E-state index contributed by atoms with van der Waals surface area (Å²) in [5.41, 5.74) is 2.00. The monoisotopic (exact) mass is 457 g/mol. The number of nitrogens with zero attached hydrogens (tertiary/aromatic N) is 1. The Kier molecular flexibility index (Phi) is 6.50. The molecule has 4 fully saturated rings. The molecular weight excluding hydrogens is 414 g/mol. The number of ether oxygens (including phenoxy) is 2. The molecule has 0 N–H and O–H groups in total. The summed E-state index contributed by atoms with van der Waals surface area (Å²) < 4.78 is 11.4. The largest absolute Gasteiger partial charge is 0.462 e. The van der Waals surface area contributed by atoms with Gasteiger partial charge in [0.05, 0.1) is 19.6 Å². The fourth-order valence-electron chi connectivity index (χ4n) is 8.71. The summed E-state index contributed by atoms with van der Waals surface area (Å²) in [6, 6.07) is 0. The number of carbonyl (C=O) groups is 2. The van der Waals surface area contributed by atoms with Gasteiger partial charge in [-0.1, -0.05) is 25.5 Å². The molecule has 5 nitrogen and oxygen atoms in total. The molecule has 0 aromatic heterocycles. The molecule has 3 saturated carbocycles. The Labute approximate surface area is 199 Å². The summed E-state index contributed by atoms with van der Waals surface area (Å²) in [4.78, 5) is 27.2. The van der Waals surface area contributed by atoms with Crippen molar-refractivity contribution in [2.75, 3.05) is 32.8 Å². The molecule has 1 aliphatic heterocycles. The first-order valence-electron chi connectivity index (χ1n) is 13.5. The molecule has 0 bridgehead atoms. The topological polar surface area (TPSA) is 55.8 Å². The van der Waals surface area contributed by atoms with Gasteiger partial charge in [0.15, 0.2) is 0 Å². The number of morpholine rings is 1. The van der Waals surface area contributed by atoms with Gasteiger partial charge >= 0.3 is 5.97 Å². The van der Waals surface area contributed by atoms with Gasteiger partial charge in [-0.15, -0.1) is 0 Å². The quantitative estimate of drug-likeness (QED) is 0.439. The van der Waals surface area contributed by atoms with Gasteiger partial charge in [0.2, 0.25) is 0 Å². The molecule has 184 valence electrons. The van der Waals surface area contributed by atoms with E-state index in [9.17, 15) is 9.59 Å². The third-order valence-electron chi connectivity index (χ3n) is 10.6. The minimum atomic E-state index is -0.0426. The van der Waals surface area contributed by atoms with E-state index in [2.05, 4.69) is 24.8 Å². The maximum atomic E-state index is 12.5. The van der Waals surface area contributed by atoms with Crippen LogP contribution in [0.5, 0.6) is 0 Å². The Morgan fingerprint density at radius 2 is 1.88 bits per heavy atom. The van der Waals surface area contributed by atoms with Crippen LogP contribution in [0.25, 0.3) is 0 Å². The minimum absolute atomic E-state index is 0.0421. The van der Waals surface area contributed by atoms with Crippen molar-refractivity contribution in [3.8, 4) is 0 Å². The van der Waals surface area contributed by atoms with E-state index < -0.39 is 0 Å². The normalized spacial score (nSPS) is 43.1. The van der Waals surface area contributed by atoms with Crippen LogP contribution in [0, 0.1) is 34.5 Å². The van der Waals surface area contributed by atoms with Crippen molar-refractivity contribution in [3.05, 3.63) is 11.6 Å². The van der Waals surface area contributed by atoms with Crippen LogP contribution in [0.15, 0.2) is 11.6 Å². The average molecular weight is 458 g/mol. The zero-order chi connectivity index (χ0) is 23.2. The third-order valence-corrected chi connectivity index (χ3v) is 10.6. The van der Waals surface area contributed by atoms with Gasteiger partial charge in [0.25, 0.3) is 0 Å². The number of hydrogen-bond donors (Lipinski definition) is 0. The number of carbonyl (C=O) groups excluding carboxylic acids is 2. The lowest BCUT2D eigenvalue weighted by Crippen LogP contribution is -2.51. The number of rotatable bonds is 5. The highest BCUT2D eigenvalue weighted by molar-refractivity contribution is 5.79. The fraction of sp³-hybridized carbons (Fsp3) is 0.857. The van der Waals surface area contributed by atoms with Gasteiger partial charge in [0, 0.05) is 32.0 Å². The first-order chi connectivity index (χ1) is 15.8. The van der Waals surface area contributed by atoms with Crippen LogP contribution in [0.2, 0.25) is 0 Å². The van der Waals surface area contributed by atoms with E-state index in [1.54, 1.807) is 5.57 Å². The smallest absolute Gasteiger partial charge is 0.307 e. The molecule has 0 amide bonds. The van der Waals surface area contributed by atoms with Crippen LogP contribution in [0.3, 0.4) is 0 Å². The second-order valence-electron chi connectivity index (χ2n) is 12.1. The molecule has 4 aliphatic carbocycles. The summed E-state index contributed by atoms with van der Waals surface area (Å²) in [5.74, 6) is 2.77. The van der Waals surface area contributed by atoms with Gasteiger partial charge in [-0.3, -0.25) is 14.5 Å². The summed E-state index contributed by atoms with van der Waals surface area (Å²) in [7, 11) is 0. The first-order valence-corrected chi connectivity index (χ1v) is 13.5. The Hall–Kier alpha value is -1.20. The lowest BCUT2D eigenvalue weighted by atomic mass is 9.47. The molecule has 7 atom stereocenters. The Balaban J connectivity index is 1.21. The maximum Gasteiger partial charge on any atom is 0.307 e. The molecule has 5 heteroatoms. The molecule has 5 aliphatic rings. The Morgan fingerprint density at radius 1 is 1.09 bits per heavy atom. The Morgan fingerprint density at radius 3 is 2.64 bits per heavy atom. The van der Waals surface area contributed by atoms with Crippen LogP contribution in [-0.4, -0.2) is 55.6 Å². The van der Waals surface area contributed by atoms with Crippen LogP contribution < -0.4 is 0 Å². The van der Waals surface area contributed by atoms with E-state index in [1.807, 2.05) is 6.92 Å². The van der Waals surface area contributed by atoms with Crippen molar-refractivity contribution in [1.29, 1.82) is 0 Å². The predicted molar refractivity (Wildman–Crippen MR) is 128 cm³/mol. The standard InChI is InChI=1S/C28H43NO4/c1-19(30)23-6-7-24-22-5-4-20-18-21(33-26(31)10-13-29-14-16-32-17-15-29)8-11-27(20,2)25(22)9-12-28(23,24)3/h4,21-25H,5-18H2,1-3H3/t21-,22+,23+,24-,25-,27+,28-/m1/s1. The number of fused-ring (bicyclic) bond motifs is 5. The zero-order valence-corrected chi connectivity index (χ0v) is 20.9. The molecule has 0 unspecified atom stereocenters. The molecular formula is C28H43NO4. The van der Waals surface area contributed by atoms with E-state index in [1.165, 1.54) is 19.3 Å². The van der Waals surface area contributed by atoms with E-state index in [0.29, 0.717) is 18.1 Å². The maximum absolute atomic E-state index is 12.5. The van der Waals surface area contributed by atoms with Gasteiger partial charge in [0.1, 0.15) is 11.9 Å². The zero-order valence-electron chi connectivity index (χ0n) is 20.9.